The molecule has 1 fully saturated rings. The molecule has 0 bridgehead atoms. The van der Waals surface area contributed by atoms with Gasteiger partial charge in [-0.05, 0) is 19.8 Å². The minimum atomic E-state index is 0.0885. The summed E-state index contributed by atoms with van der Waals surface area (Å²) in [5.41, 5.74) is 1.76. The van der Waals surface area contributed by atoms with E-state index >= 15 is 0 Å². The maximum absolute atomic E-state index is 9.03. The van der Waals surface area contributed by atoms with E-state index in [1.165, 1.54) is 0 Å². The second-order valence-electron chi connectivity index (χ2n) is 4.62. The highest BCUT2D eigenvalue weighted by molar-refractivity contribution is 5.20. The zero-order valence-electron chi connectivity index (χ0n) is 10.5. The quantitative estimate of drug-likeness (QED) is 0.835. The molecule has 1 N–H and O–H groups in total. The van der Waals surface area contributed by atoms with Crippen molar-refractivity contribution in [3.05, 3.63) is 11.4 Å². The van der Waals surface area contributed by atoms with E-state index in [2.05, 4.69) is 16.4 Å². The summed E-state index contributed by atoms with van der Waals surface area (Å²) in [5, 5.41) is 26.1. The highest BCUT2D eigenvalue weighted by Gasteiger charge is 2.27. The summed E-state index contributed by atoms with van der Waals surface area (Å²) in [6.45, 7) is 3.53. The van der Waals surface area contributed by atoms with Gasteiger partial charge in [0.1, 0.15) is 5.69 Å². The average Bonchev–Trinajstić information content (AvgIpc) is 2.97. The SMILES string of the molecule is CC(CCO)n1nnc(CC#N)c1C1CCOC1. The van der Waals surface area contributed by atoms with E-state index in [0.717, 1.165) is 24.4 Å². The van der Waals surface area contributed by atoms with Crippen LogP contribution in [-0.2, 0) is 11.2 Å². The Bertz CT molecular complexity index is 432. The molecule has 0 aliphatic carbocycles. The molecule has 0 saturated carbocycles. The number of hydrogen-bond acceptors (Lipinski definition) is 5. The first kappa shape index (κ1) is 13.0. The molecule has 0 radical (unpaired) electrons. The minimum Gasteiger partial charge on any atom is -0.396 e. The van der Waals surface area contributed by atoms with Crippen LogP contribution in [0.5, 0.6) is 0 Å². The van der Waals surface area contributed by atoms with Gasteiger partial charge in [-0.3, -0.25) is 0 Å². The van der Waals surface area contributed by atoms with Gasteiger partial charge in [-0.2, -0.15) is 5.26 Å². The van der Waals surface area contributed by atoms with Crippen molar-refractivity contribution in [2.75, 3.05) is 19.8 Å². The molecule has 2 heterocycles. The predicted octanol–water partition coefficient (Wildman–Crippen LogP) is 0.791. The Morgan fingerprint density at radius 3 is 3.11 bits per heavy atom. The van der Waals surface area contributed by atoms with Crippen LogP contribution in [0.3, 0.4) is 0 Å². The maximum atomic E-state index is 9.03. The lowest BCUT2D eigenvalue weighted by Gasteiger charge is -2.17. The molecule has 1 aromatic heterocycles. The van der Waals surface area contributed by atoms with Crippen LogP contribution in [-0.4, -0.2) is 39.9 Å². The normalized spacial score (nSPS) is 20.8. The van der Waals surface area contributed by atoms with E-state index in [1.54, 1.807) is 0 Å². The summed E-state index contributed by atoms with van der Waals surface area (Å²) in [7, 11) is 0. The number of aromatic nitrogens is 3. The molecule has 0 aromatic carbocycles. The first-order valence-corrected chi connectivity index (χ1v) is 6.27. The third-order valence-electron chi connectivity index (χ3n) is 3.33. The van der Waals surface area contributed by atoms with Gasteiger partial charge in [0.05, 0.1) is 30.8 Å². The molecule has 6 heteroatoms. The van der Waals surface area contributed by atoms with Gasteiger partial charge in [-0.15, -0.1) is 5.10 Å². The highest BCUT2D eigenvalue weighted by Crippen LogP contribution is 2.29. The molecule has 1 aromatic rings. The van der Waals surface area contributed by atoms with Gasteiger partial charge in [0.25, 0.3) is 0 Å². The van der Waals surface area contributed by atoms with Crippen LogP contribution in [0.15, 0.2) is 0 Å². The van der Waals surface area contributed by atoms with E-state index in [-0.39, 0.29) is 25.0 Å². The van der Waals surface area contributed by atoms with Crippen LogP contribution in [0.4, 0.5) is 0 Å². The van der Waals surface area contributed by atoms with Crippen LogP contribution in [0.25, 0.3) is 0 Å². The van der Waals surface area contributed by atoms with Gasteiger partial charge in [0, 0.05) is 19.1 Å². The van der Waals surface area contributed by atoms with E-state index < -0.39 is 0 Å². The fourth-order valence-corrected chi connectivity index (χ4v) is 2.34. The Morgan fingerprint density at radius 1 is 1.67 bits per heavy atom. The molecular weight excluding hydrogens is 232 g/mol. The lowest BCUT2D eigenvalue weighted by atomic mass is 10.0. The fourth-order valence-electron chi connectivity index (χ4n) is 2.34. The van der Waals surface area contributed by atoms with Gasteiger partial charge in [-0.25, -0.2) is 4.68 Å². The van der Waals surface area contributed by atoms with E-state index in [9.17, 15) is 0 Å². The maximum Gasteiger partial charge on any atom is 0.100 e. The molecule has 2 unspecified atom stereocenters. The van der Waals surface area contributed by atoms with Crippen molar-refractivity contribution >= 4 is 0 Å². The number of hydrogen-bond donors (Lipinski definition) is 1. The number of nitrogens with zero attached hydrogens (tertiary/aromatic N) is 4. The largest absolute Gasteiger partial charge is 0.396 e. The first-order valence-electron chi connectivity index (χ1n) is 6.27. The summed E-state index contributed by atoms with van der Waals surface area (Å²) in [4.78, 5) is 0. The summed E-state index contributed by atoms with van der Waals surface area (Å²) >= 11 is 0. The monoisotopic (exact) mass is 250 g/mol. The molecule has 1 aliphatic heterocycles. The average molecular weight is 250 g/mol. The van der Waals surface area contributed by atoms with Crippen LogP contribution in [0, 0.1) is 11.3 Å². The van der Waals surface area contributed by atoms with Crippen molar-refractivity contribution in [3.63, 3.8) is 0 Å². The Labute approximate surface area is 106 Å². The van der Waals surface area contributed by atoms with Gasteiger partial charge in [0.15, 0.2) is 0 Å². The second-order valence-corrected chi connectivity index (χ2v) is 4.62. The van der Waals surface area contributed by atoms with Crippen molar-refractivity contribution in [2.24, 2.45) is 0 Å². The molecule has 98 valence electrons. The summed E-state index contributed by atoms with van der Waals surface area (Å²) in [6, 6.07) is 2.21. The molecular formula is C12H18N4O2. The molecule has 1 saturated heterocycles. The Balaban J connectivity index is 2.31. The van der Waals surface area contributed by atoms with Crippen LogP contribution in [0.1, 0.15) is 43.1 Å². The van der Waals surface area contributed by atoms with Gasteiger partial charge < -0.3 is 9.84 Å². The molecule has 1 aliphatic rings. The Morgan fingerprint density at radius 2 is 2.50 bits per heavy atom. The minimum absolute atomic E-state index is 0.0885. The second kappa shape index (κ2) is 5.94. The van der Waals surface area contributed by atoms with Gasteiger partial charge in [-0.1, -0.05) is 5.21 Å². The molecule has 0 spiro atoms. The van der Waals surface area contributed by atoms with Crippen LogP contribution < -0.4 is 0 Å². The first-order chi connectivity index (χ1) is 8.77. The number of rotatable bonds is 5. The van der Waals surface area contributed by atoms with Crippen molar-refractivity contribution in [2.45, 2.75) is 38.1 Å². The summed E-state index contributed by atoms with van der Waals surface area (Å²) in [6.07, 6.45) is 1.85. The third kappa shape index (κ3) is 2.52. The molecule has 2 rings (SSSR count). The van der Waals surface area contributed by atoms with Crippen molar-refractivity contribution in [1.29, 1.82) is 5.26 Å². The smallest absolute Gasteiger partial charge is 0.100 e. The van der Waals surface area contributed by atoms with Gasteiger partial charge >= 0.3 is 0 Å². The van der Waals surface area contributed by atoms with E-state index in [1.807, 2.05) is 11.6 Å². The molecule has 6 nitrogen and oxygen atoms in total. The van der Waals surface area contributed by atoms with Crippen molar-refractivity contribution in [1.82, 2.24) is 15.0 Å². The van der Waals surface area contributed by atoms with E-state index in [4.69, 9.17) is 15.1 Å². The van der Waals surface area contributed by atoms with Crippen molar-refractivity contribution < 1.29 is 9.84 Å². The molecule has 0 amide bonds. The standard InChI is InChI=1S/C12H18N4O2/c1-9(3-6-17)16-12(10-4-7-18-8-10)11(2-5-13)14-15-16/h9-10,17H,2-4,6-8H2,1H3. The van der Waals surface area contributed by atoms with Crippen molar-refractivity contribution in [3.8, 4) is 6.07 Å². The van der Waals surface area contributed by atoms with E-state index in [0.29, 0.717) is 13.0 Å². The number of ether oxygens (including phenoxy) is 1. The predicted molar refractivity (Wildman–Crippen MR) is 63.9 cm³/mol. The lowest BCUT2D eigenvalue weighted by molar-refractivity contribution is 0.192. The fraction of sp³-hybridized carbons (Fsp3) is 0.750. The highest BCUT2D eigenvalue weighted by atomic mass is 16.5. The number of aliphatic hydroxyl groups is 1. The topological polar surface area (TPSA) is 84.0 Å². The molecule has 2 atom stereocenters. The van der Waals surface area contributed by atoms with Crippen LogP contribution in [0.2, 0.25) is 0 Å². The third-order valence-corrected chi connectivity index (χ3v) is 3.33. The van der Waals surface area contributed by atoms with Crippen LogP contribution >= 0.6 is 0 Å². The summed E-state index contributed by atoms with van der Waals surface area (Å²) in [5.74, 6) is 0.268. The number of aliphatic hydroxyl groups excluding tert-OH is 1. The zero-order valence-corrected chi connectivity index (χ0v) is 10.5. The zero-order chi connectivity index (χ0) is 13.0. The summed E-state index contributed by atoms with van der Waals surface area (Å²) < 4.78 is 7.26. The Hall–Kier alpha value is -1.45. The Kier molecular flexibility index (Phi) is 4.28. The lowest BCUT2D eigenvalue weighted by Crippen LogP contribution is -2.16. The molecule has 18 heavy (non-hydrogen) atoms. The number of nitriles is 1. The van der Waals surface area contributed by atoms with Gasteiger partial charge in [0.2, 0.25) is 0 Å².